The van der Waals surface area contributed by atoms with Crippen molar-refractivity contribution in [1.82, 2.24) is 9.55 Å². The zero-order chi connectivity index (χ0) is 9.97. The Balaban J connectivity index is 2.18. The van der Waals surface area contributed by atoms with Crippen molar-refractivity contribution in [3.05, 3.63) is 47.4 Å². The van der Waals surface area contributed by atoms with E-state index in [9.17, 15) is 0 Å². The molecule has 4 heteroatoms. The van der Waals surface area contributed by atoms with Gasteiger partial charge >= 0.3 is 0 Å². The van der Waals surface area contributed by atoms with Gasteiger partial charge in [-0.15, -0.1) is 0 Å². The van der Waals surface area contributed by atoms with Gasteiger partial charge in [0.2, 0.25) is 0 Å². The van der Waals surface area contributed by atoms with Crippen molar-refractivity contribution in [2.45, 2.75) is 6.54 Å². The number of halogens is 1. The molecule has 14 heavy (non-hydrogen) atoms. The summed E-state index contributed by atoms with van der Waals surface area (Å²) in [6, 6.07) is 7.73. The van der Waals surface area contributed by atoms with Crippen LogP contribution in [-0.4, -0.2) is 9.55 Å². The van der Waals surface area contributed by atoms with Crippen molar-refractivity contribution >= 4 is 17.4 Å². The van der Waals surface area contributed by atoms with E-state index in [1.54, 1.807) is 12.5 Å². The average molecular weight is 208 g/mol. The summed E-state index contributed by atoms with van der Waals surface area (Å²) in [7, 11) is 0. The van der Waals surface area contributed by atoms with E-state index < -0.39 is 0 Å². The highest BCUT2D eigenvalue weighted by Crippen LogP contribution is 2.12. The zero-order valence-corrected chi connectivity index (χ0v) is 8.28. The van der Waals surface area contributed by atoms with Crippen LogP contribution in [0.5, 0.6) is 0 Å². The number of benzene rings is 1. The van der Waals surface area contributed by atoms with Crippen molar-refractivity contribution in [3.8, 4) is 0 Å². The quantitative estimate of drug-likeness (QED) is 0.820. The van der Waals surface area contributed by atoms with Crippen molar-refractivity contribution in [2.75, 3.05) is 5.73 Å². The van der Waals surface area contributed by atoms with E-state index in [1.165, 1.54) is 0 Å². The molecule has 1 aromatic heterocycles. The maximum Gasteiger partial charge on any atom is 0.141 e. The van der Waals surface area contributed by atoms with Crippen LogP contribution in [0.25, 0.3) is 0 Å². The number of nitrogens with two attached hydrogens (primary N) is 1. The van der Waals surface area contributed by atoms with E-state index in [2.05, 4.69) is 4.98 Å². The van der Waals surface area contributed by atoms with Crippen LogP contribution in [0.2, 0.25) is 5.02 Å². The van der Waals surface area contributed by atoms with Gasteiger partial charge in [-0.1, -0.05) is 23.7 Å². The first-order valence-electron chi connectivity index (χ1n) is 4.26. The molecule has 0 saturated carbocycles. The molecule has 0 amide bonds. The Morgan fingerprint density at radius 3 is 2.93 bits per heavy atom. The molecule has 0 aliphatic heterocycles. The fraction of sp³-hybridized carbons (Fsp3) is 0.100. The summed E-state index contributed by atoms with van der Waals surface area (Å²) in [5.74, 6) is 0.534. The Morgan fingerprint density at radius 1 is 1.43 bits per heavy atom. The van der Waals surface area contributed by atoms with Crippen LogP contribution in [0.4, 0.5) is 5.82 Å². The molecule has 2 rings (SSSR count). The molecule has 2 N–H and O–H groups in total. The van der Waals surface area contributed by atoms with E-state index in [-0.39, 0.29) is 0 Å². The normalized spacial score (nSPS) is 10.4. The molecule has 1 heterocycles. The molecule has 2 aromatic rings. The van der Waals surface area contributed by atoms with Crippen LogP contribution >= 0.6 is 11.6 Å². The van der Waals surface area contributed by atoms with Crippen molar-refractivity contribution < 1.29 is 0 Å². The third-order valence-electron chi connectivity index (χ3n) is 1.91. The molecule has 0 unspecified atom stereocenters. The van der Waals surface area contributed by atoms with Crippen LogP contribution in [0.15, 0.2) is 36.8 Å². The van der Waals surface area contributed by atoms with Gasteiger partial charge in [0, 0.05) is 17.8 Å². The molecule has 0 atom stereocenters. The molecular formula is C10H10ClN3. The first kappa shape index (κ1) is 9.09. The lowest BCUT2D eigenvalue weighted by molar-refractivity contribution is 0.797. The Labute approximate surface area is 87.1 Å². The summed E-state index contributed by atoms with van der Waals surface area (Å²) in [5, 5.41) is 0.746. The Morgan fingerprint density at radius 2 is 2.29 bits per heavy atom. The van der Waals surface area contributed by atoms with Crippen molar-refractivity contribution in [1.29, 1.82) is 0 Å². The van der Waals surface area contributed by atoms with E-state index in [4.69, 9.17) is 17.3 Å². The van der Waals surface area contributed by atoms with E-state index in [0.717, 1.165) is 17.1 Å². The topological polar surface area (TPSA) is 43.8 Å². The highest BCUT2D eigenvalue weighted by Gasteiger charge is 1.97. The first-order valence-corrected chi connectivity index (χ1v) is 4.63. The summed E-state index contributed by atoms with van der Waals surface area (Å²) in [4.78, 5) is 3.94. The predicted octanol–water partition coefficient (Wildman–Crippen LogP) is 2.17. The third-order valence-corrected chi connectivity index (χ3v) is 2.14. The molecule has 0 radical (unpaired) electrons. The van der Waals surface area contributed by atoms with E-state index in [1.807, 2.05) is 28.8 Å². The Hall–Kier alpha value is -1.48. The number of aromatic nitrogens is 2. The van der Waals surface area contributed by atoms with Gasteiger partial charge in [-0.25, -0.2) is 4.98 Å². The Kier molecular flexibility index (Phi) is 2.41. The van der Waals surface area contributed by atoms with Gasteiger partial charge < -0.3 is 10.3 Å². The minimum atomic E-state index is 0.534. The van der Waals surface area contributed by atoms with Gasteiger partial charge in [-0.3, -0.25) is 0 Å². The monoisotopic (exact) mass is 207 g/mol. The number of imidazole rings is 1. The van der Waals surface area contributed by atoms with E-state index in [0.29, 0.717) is 5.82 Å². The second-order valence-electron chi connectivity index (χ2n) is 3.10. The smallest absolute Gasteiger partial charge is 0.141 e. The number of nitrogen functional groups attached to an aromatic ring is 1. The highest BCUT2D eigenvalue weighted by molar-refractivity contribution is 6.30. The summed E-state index contributed by atoms with van der Waals surface area (Å²) >= 11 is 5.87. The average Bonchev–Trinajstić information content (AvgIpc) is 2.51. The largest absolute Gasteiger partial charge is 0.382 e. The highest BCUT2D eigenvalue weighted by atomic mass is 35.5. The number of rotatable bonds is 2. The van der Waals surface area contributed by atoms with Crippen molar-refractivity contribution in [2.24, 2.45) is 0 Å². The molecule has 0 saturated heterocycles. The fourth-order valence-electron chi connectivity index (χ4n) is 1.31. The third kappa shape index (κ3) is 2.06. The maximum absolute atomic E-state index is 5.87. The summed E-state index contributed by atoms with van der Waals surface area (Å²) in [6.07, 6.45) is 3.50. The van der Waals surface area contributed by atoms with Gasteiger partial charge in [0.1, 0.15) is 5.82 Å². The maximum atomic E-state index is 5.87. The minimum absolute atomic E-state index is 0.534. The van der Waals surface area contributed by atoms with Crippen LogP contribution < -0.4 is 5.73 Å². The van der Waals surface area contributed by atoms with Gasteiger partial charge in [-0.05, 0) is 17.7 Å². The van der Waals surface area contributed by atoms with E-state index >= 15 is 0 Å². The van der Waals surface area contributed by atoms with Gasteiger partial charge in [0.15, 0.2) is 0 Å². The molecule has 1 aromatic carbocycles. The van der Waals surface area contributed by atoms with Crippen LogP contribution in [-0.2, 0) is 6.54 Å². The number of hydrogen-bond donors (Lipinski definition) is 1. The van der Waals surface area contributed by atoms with Crippen LogP contribution in [0.1, 0.15) is 5.56 Å². The number of nitrogens with zero attached hydrogens (tertiary/aromatic N) is 2. The number of hydrogen-bond acceptors (Lipinski definition) is 2. The standard InChI is InChI=1S/C10H10ClN3/c11-9-3-1-2-8(4-9)5-14-6-10(12)13-7-14/h1-4,6-7H,5,12H2. The second kappa shape index (κ2) is 3.72. The summed E-state index contributed by atoms with van der Waals surface area (Å²) in [6.45, 7) is 0.741. The fourth-order valence-corrected chi connectivity index (χ4v) is 1.52. The Bertz CT molecular complexity index is 436. The molecule has 0 aliphatic rings. The van der Waals surface area contributed by atoms with Gasteiger partial charge in [0.05, 0.1) is 6.33 Å². The lowest BCUT2D eigenvalue weighted by atomic mass is 10.2. The minimum Gasteiger partial charge on any atom is -0.382 e. The molecule has 0 fully saturated rings. The molecule has 3 nitrogen and oxygen atoms in total. The summed E-state index contributed by atoms with van der Waals surface area (Å²) in [5.41, 5.74) is 6.64. The van der Waals surface area contributed by atoms with Gasteiger partial charge in [0.25, 0.3) is 0 Å². The van der Waals surface area contributed by atoms with Crippen LogP contribution in [0.3, 0.4) is 0 Å². The molecule has 0 bridgehead atoms. The lowest BCUT2D eigenvalue weighted by Crippen LogP contribution is -1.95. The van der Waals surface area contributed by atoms with Gasteiger partial charge in [-0.2, -0.15) is 0 Å². The molecule has 0 spiro atoms. The SMILES string of the molecule is Nc1cn(Cc2cccc(Cl)c2)cn1. The predicted molar refractivity (Wildman–Crippen MR) is 57.2 cm³/mol. The number of anilines is 1. The summed E-state index contributed by atoms with van der Waals surface area (Å²) < 4.78 is 1.92. The molecule has 0 aliphatic carbocycles. The van der Waals surface area contributed by atoms with Crippen molar-refractivity contribution in [3.63, 3.8) is 0 Å². The first-order chi connectivity index (χ1) is 6.74. The van der Waals surface area contributed by atoms with Crippen LogP contribution in [0, 0.1) is 0 Å². The zero-order valence-electron chi connectivity index (χ0n) is 7.52. The second-order valence-corrected chi connectivity index (χ2v) is 3.54. The lowest BCUT2D eigenvalue weighted by Gasteiger charge is -2.02. The molecular weight excluding hydrogens is 198 g/mol. The molecule has 72 valence electrons.